The highest BCUT2D eigenvalue weighted by Gasteiger charge is 2.47. The molecule has 1 saturated heterocycles. The van der Waals surface area contributed by atoms with Gasteiger partial charge in [0.05, 0.1) is 12.1 Å². The summed E-state index contributed by atoms with van der Waals surface area (Å²) in [4.78, 5) is 21.1. The van der Waals surface area contributed by atoms with Crippen molar-refractivity contribution >= 4 is 28.5 Å². The average Bonchev–Trinajstić information content (AvgIpc) is 2.69. The van der Waals surface area contributed by atoms with E-state index in [4.69, 9.17) is 10.5 Å². The third kappa shape index (κ3) is 3.42. The smallest absolute Gasteiger partial charge is 0.274 e. The summed E-state index contributed by atoms with van der Waals surface area (Å²) in [5.41, 5.74) is 6.45. The lowest BCUT2D eigenvalue weighted by atomic mass is 9.75. The Morgan fingerprint density at radius 3 is 3.07 bits per heavy atom. The molecule has 2 aromatic rings. The van der Waals surface area contributed by atoms with E-state index in [2.05, 4.69) is 15.3 Å². The highest BCUT2D eigenvalue weighted by atomic mass is 32.2. The van der Waals surface area contributed by atoms with Crippen LogP contribution in [-0.2, 0) is 10.3 Å². The molecule has 1 aromatic heterocycles. The van der Waals surface area contributed by atoms with E-state index in [9.17, 15) is 9.18 Å². The van der Waals surface area contributed by atoms with Gasteiger partial charge in [0.1, 0.15) is 11.5 Å². The van der Waals surface area contributed by atoms with Gasteiger partial charge in [0, 0.05) is 42.1 Å². The highest BCUT2D eigenvalue weighted by Crippen LogP contribution is 2.46. The van der Waals surface area contributed by atoms with Gasteiger partial charge in [0.15, 0.2) is 5.17 Å². The van der Waals surface area contributed by atoms with Gasteiger partial charge >= 0.3 is 0 Å². The predicted molar refractivity (Wildman–Crippen MR) is 103 cm³/mol. The number of thioether (sulfide) groups is 1. The molecule has 6 nitrogen and oxygen atoms in total. The lowest BCUT2D eigenvalue weighted by Crippen LogP contribution is -2.47. The summed E-state index contributed by atoms with van der Waals surface area (Å²) in [5.74, 6) is 0.0385. The number of nitrogens with one attached hydrogen (secondary N) is 1. The molecule has 0 bridgehead atoms. The number of amides is 1. The lowest BCUT2D eigenvalue weighted by Gasteiger charge is -2.44. The van der Waals surface area contributed by atoms with Gasteiger partial charge in [-0.2, -0.15) is 0 Å². The van der Waals surface area contributed by atoms with Crippen LogP contribution in [0.4, 0.5) is 10.1 Å². The van der Waals surface area contributed by atoms with E-state index in [1.54, 1.807) is 30.5 Å². The molecule has 0 aliphatic carbocycles. The number of hydrogen-bond acceptors (Lipinski definition) is 6. The molecule has 1 unspecified atom stereocenters. The summed E-state index contributed by atoms with van der Waals surface area (Å²) >= 11 is 1.46. The molecule has 2 aliphatic rings. The second-order valence-electron chi connectivity index (χ2n) is 6.57. The molecule has 2 atom stereocenters. The highest BCUT2D eigenvalue weighted by molar-refractivity contribution is 8.13. The van der Waals surface area contributed by atoms with E-state index in [1.165, 1.54) is 23.9 Å². The quantitative estimate of drug-likeness (QED) is 0.847. The maximum absolute atomic E-state index is 14.8. The van der Waals surface area contributed by atoms with Crippen molar-refractivity contribution in [1.82, 2.24) is 4.98 Å². The fourth-order valence-corrected chi connectivity index (χ4v) is 4.56. The van der Waals surface area contributed by atoms with E-state index in [0.717, 1.165) is 5.75 Å². The van der Waals surface area contributed by atoms with Gasteiger partial charge < -0.3 is 15.8 Å². The lowest BCUT2D eigenvalue weighted by molar-refractivity contribution is 0.00886. The first-order valence-electron chi connectivity index (χ1n) is 8.67. The number of rotatable bonds is 3. The Kier molecular flexibility index (Phi) is 4.84. The van der Waals surface area contributed by atoms with E-state index in [0.29, 0.717) is 41.7 Å². The number of ether oxygens (including phenoxy) is 1. The van der Waals surface area contributed by atoms with Crippen LogP contribution in [0.1, 0.15) is 22.5 Å². The van der Waals surface area contributed by atoms with E-state index >= 15 is 0 Å². The molecule has 2 aliphatic heterocycles. The molecule has 0 spiro atoms. The number of anilines is 1. The zero-order chi connectivity index (χ0) is 18.9. The summed E-state index contributed by atoms with van der Waals surface area (Å²) in [6.07, 6.45) is 2.10. The summed E-state index contributed by atoms with van der Waals surface area (Å²) in [6, 6.07) is 9.65. The van der Waals surface area contributed by atoms with Crippen LogP contribution in [0.25, 0.3) is 0 Å². The van der Waals surface area contributed by atoms with Gasteiger partial charge in [-0.3, -0.25) is 14.8 Å². The molecular weight excluding hydrogens is 367 g/mol. The summed E-state index contributed by atoms with van der Waals surface area (Å²) < 4.78 is 20.4. The number of carbonyl (C=O) groups excluding carboxylic acids is 1. The Labute approximate surface area is 160 Å². The Morgan fingerprint density at radius 1 is 1.37 bits per heavy atom. The van der Waals surface area contributed by atoms with Gasteiger partial charge in [-0.25, -0.2) is 4.39 Å². The number of halogens is 1. The topological polar surface area (TPSA) is 89.6 Å². The molecule has 1 amide bonds. The van der Waals surface area contributed by atoms with Crippen molar-refractivity contribution in [2.24, 2.45) is 16.6 Å². The Hall–Kier alpha value is -2.45. The van der Waals surface area contributed by atoms with Crippen LogP contribution < -0.4 is 11.1 Å². The van der Waals surface area contributed by atoms with Crippen LogP contribution >= 0.6 is 11.8 Å². The van der Waals surface area contributed by atoms with Crippen LogP contribution in [0.5, 0.6) is 0 Å². The van der Waals surface area contributed by atoms with Gasteiger partial charge in [-0.05, 0) is 30.3 Å². The average molecular weight is 386 g/mol. The van der Waals surface area contributed by atoms with E-state index in [-0.39, 0.29) is 17.6 Å². The van der Waals surface area contributed by atoms with Crippen molar-refractivity contribution in [3.05, 3.63) is 59.7 Å². The summed E-state index contributed by atoms with van der Waals surface area (Å²) in [6.45, 7) is 0.996. The Morgan fingerprint density at radius 2 is 2.26 bits per heavy atom. The molecule has 0 saturated carbocycles. The third-order valence-corrected chi connectivity index (χ3v) is 5.91. The molecule has 8 heteroatoms. The third-order valence-electron chi connectivity index (χ3n) is 4.95. The SMILES string of the molecule is NC1=N[C@]2(c3cc(NC(=O)c4ccccn4)ccc3F)CCOCC2CS1. The van der Waals surface area contributed by atoms with Gasteiger partial charge in [0.2, 0.25) is 0 Å². The first-order chi connectivity index (χ1) is 13.1. The van der Waals surface area contributed by atoms with E-state index in [1.807, 2.05) is 0 Å². The fraction of sp³-hybridized carbons (Fsp3) is 0.316. The van der Waals surface area contributed by atoms with Crippen molar-refractivity contribution in [2.75, 3.05) is 24.3 Å². The number of carbonyl (C=O) groups is 1. The number of aromatic nitrogens is 1. The van der Waals surface area contributed by atoms with Crippen molar-refractivity contribution in [3.63, 3.8) is 0 Å². The first kappa shape index (κ1) is 17.9. The van der Waals surface area contributed by atoms with Crippen LogP contribution in [0.2, 0.25) is 0 Å². The molecule has 1 fully saturated rings. The second-order valence-corrected chi connectivity index (χ2v) is 7.61. The Balaban J connectivity index is 1.70. The Bertz CT molecular complexity index is 893. The number of fused-ring (bicyclic) bond motifs is 1. The minimum Gasteiger partial charge on any atom is -0.381 e. The monoisotopic (exact) mass is 386 g/mol. The zero-order valence-electron chi connectivity index (χ0n) is 14.5. The molecule has 3 heterocycles. The maximum atomic E-state index is 14.8. The van der Waals surface area contributed by atoms with Crippen LogP contribution in [0, 0.1) is 11.7 Å². The number of pyridine rings is 1. The normalized spacial score (nSPS) is 24.6. The summed E-state index contributed by atoms with van der Waals surface area (Å²) in [5, 5.41) is 3.24. The number of hydrogen-bond donors (Lipinski definition) is 2. The van der Waals surface area contributed by atoms with Crippen LogP contribution in [-0.4, -0.2) is 35.0 Å². The largest absolute Gasteiger partial charge is 0.381 e. The van der Waals surface area contributed by atoms with E-state index < -0.39 is 5.54 Å². The molecule has 27 heavy (non-hydrogen) atoms. The molecule has 3 N–H and O–H groups in total. The van der Waals surface area contributed by atoms with Gasteiger partial charge in [0.25, 0.3) is 5.91 Å². The number of aliphatic imine (C=N–C) groups is 1. The zero-order valence-corrected chi connectivity index (χ0v) is 15.3. The molecule has 1 aromatic carbocycles. The van der Waals surface area contributed by atoms with Crippen molar-refractivity contribution in [3.8, 4) is 0 Å². The second kappa shape index (κ2) is 7.28. The summed E-state index contributed by atoms with van der Waals surface area (Å²) in [7, 11) is 0. The fourth-order valence-electron chi connectivity index (χ4n) is 3.59. The van der Waals surface area contributed by atoms with Gasteiger partial charge in [-0.1, -0.05) is 17.8 Å². The number of amidine groups is 1. The van der Waals surface area contributed by atoms with Crippen molar-refractivity contribution in [2.45, 2.75) is 12.0 Å². The number of nitrogens with two attached hydrogens (primary N) is 1. The molecular formula is C19H19FN4O2S. The molecule has 0 radical (unpaired) electrons. The van der Waals surface area contributed by atoms with Crippen LogP contribution in [0.15, 0.2) is 47.6 Å². The molecule has 140 valence electrons. The minimum absolute atomic E-state index is 0.0276. The first-order valence-corrected chi connectivity index (χ1v) is 9.65. The van der Waals surface area contributed by atoms with Gasteiger partial charge in [-0.15, -0.1) is 0 Å². The van der Waals surface area contributed by atoms with Crippen molar-refractivity contribution in [1.29, 1.82) is 0 Å². The number of nitrogens with zero attached hydrogens (tertiary/aromatic N) is 2. The maximum Gasteiger partial charge on any atom is 0.274 e. The standard InChI is InChI=1S/C19H19FN4O2S/c20-15-5-4-13(23-17(25)16-3-1-2-7-22-16)9-14(15)19-6-8-26-10-12(19)11-27-18(21)24-19/h1-5,7,9,12H,6,8,10-11H2,(H2,21,24)(H,23,25)/t12?,19-/m1/s1. The minimum atomic E-state index is -0.761. The van der Waals surface area contributed by atoms with Crippen LogP contribution in [0.3, 0.4) is 0 Å². The predicted octanol–water partition coefficient (Wildman–Crippen LogP) is 2.77. The number of benzene rings is 1. The van der Waals surface area contributed by atoms with Crippen molar-refractivity contribution < 1.29 is 13.9 Å². The molecule has 4 rings (SSSR count).